The largest absolute Gasteiger partial charge is 0.385 e. The van der Waals surface area contributed by atoms with Crippen LogP contribution >= 0.6 is 0 Å². The van der Waals surface area contributed by atoms with Crippen LogP contribution in [0.5, 0.6) is 0 Å². The molecule has 0 heterocycles. The third-order valence-electron chi connectivity index (χ3n) is 3.96. The quantitative estimate of drug-likeness (QED) is 0.662. The first-order chi connectivity index (χ1) is 8.35. The molecule has 0 spiro atoms. The molecule has 2 aliphatic rings. The predicted octanol–water partition coefficient (Wildman–Crippen LogP) is 2.49. The van der Waals surface area contributed by atoms with Crippen molar-refractivity contribution in [3.05, 3.63) is 0 Å². The summed E-state index contributed by atoms with van der Waals surface area (Å²) in [4.78, 5) is 0. The molecule has 2 saturated carbocycles. The van der Waals surface area contributed by atoms with E-state index in [0.717, 1.165) is 32.2 Å². The molecule has 0 aromatic heterocycles. The monoisotopic (exact) mass is 241 g/mol. The summed E-state index contributed by atoms with van der Waals surface area (Å²) in [6.45, 7) is 2.72. The molecule has 2 fully saturated rings. The Bertz CT molecular complexity index is 210. The molecule has 0 aliphatic heterocycles. The van der Waals surface area contributed by atoms with Crippen LogP contribution in [0.3, 0.4) is 0 Å². The molecular formula is C14H27NO2. The van der Waals surface area contributed by atoms with Crippen LogP contribution in [0.15, 0.2) is 0 Å². The molecule has 0 saturated heterocycles. The average Bonchev–Trinajstić information content (AvgIpc) is 3.18. The molecule has 1 N–H and O–H groups in total. The maximum atomic E-state index is 6.21. The number of rotatable bonds is 8. The zero-order valence-corrected chi connectivity index (χ0v) is 11.2. The molecule has 17 heavy (non-hydrogen) atoms. The van der Waals surface area contributed by atoms with Crippen molar-refractivity contribution in [1.82, 2.24) is 5.32 Å². The Hall–Kier alpha value is -0.120. The minimum absolute atomic E-state index is 0.134. The predicted molar refractivity (Wildman–Crippen MR) is 69.3 cm³/mol. The second kappa shape index (κ2) is 6.72. The maximum absolute atomic E-state index is 6.21. The van der Waals surface area contributed by atoms with Gasteiger partial charge in [0, 0.05) is 32.9 Å². The van der Waals surface area contributed by atoms with Gasteiger partial charge in [0.05, 0.1) is 5.60 Å². The summed E-state index contributed by atoms with van der Waals surface area (Å²) in [5, 5.41) is 3.65. The molecule has 3 nitrogen and oxygen atoms in total. The van der Waals surface area contributed by atoms with Gasteiger partial charge < -0.3 is 14.8 Å². The highest BCUT2D eigenvalue weighted by Gasteiger charge is 2.34. The first kappa shape index (κ1) is 13.3. The van der Waals surface area contributed by atoms with Crippen molar-refractivity contribution < 1.29 is 9.47 Å². The Morgan fingerprint density at radius 3 is 2.53 bits per heavy atom. The van der Waals surface area contributed by atoms with Crippen LogP contribution in [0, 0.1) is 0 Å². The third kappa shape index (κ3) is 4.57. The Morgan fingerprint density at radius 2 is 1.88 bits per heavy atom. The van der Waals surface area contributed by atoms with Gasteiger partial charge in [-0.1, -0.05) is 19.3 Å². The van der Waals surface area contributed by atoms with E-state index in [9.17, 15) is 0 Å². The fourth-order valence-corrected chi connectivity index (χ4v) is 2.68. The zero-order valence-electron chi connectivity index (χ0n) is 11.2. The Kier molecular flexibility index (Phi) is 5.26. The summed E-state index contributed by atoms with van der Waals surface area (Å²) < 4.78 is 11.3. The van der Waals surface area contributed by atoms with Crippen molar-refractivity contribution in [1.29, 1.82) is 0 Å². The van der Waals surface area contributed by atoms with E-state index in [1.54, 1.807) is 7.11 Å². The number of hydrogen-bond donors (Lipinski definition) is 1. The molecule has 2 rings (SSSR count). The Labute approximate surface area is 105 Å². The summed E-state index contributed by atoms with van der Waals surface area (Å²) in [6, 6.07) is 0.788. The molecule has 0 aromatic rings. The number of hydrogen-bond acceptors (Lipinski definition) is 3. The van der Waals surface area contributed by atoms with Gasteiger partial charge in [-0.25, -0.2) is 0 Å². The Morgan fingerprint density at radius 1 is 1.12 bits per heavy atom. The van der Waals surface area contributed by atoms with E-state index in [2.05, 4.69) is 5.32 Å². The van der Waals surface area contributed by atoms with Crippen molar-refractivity contribution in [2.24, 2.45) is 0 Å². The van der Waals surface area contributed by atoms with Crippen molar-refractivity contribution in [2.75, 3.05) is 26.9 Å². The van der Waals surface area contributed by atoms with E-state index in [0.29, 0.717) is 0 Å². The van der Waals surface area contributed by atoms with Crippen LogP contribution in [-0.2, 0) is 9.47 Å². The minimum Gasteiger partial charge on any atom is -0.385 e. The van der Waals surface area contributed by atoms with E-state index in [1.165, 1.54) is 44.9 Å². The molecular weight excluding hydrogens is 214 g/mol. The average molecular weight is 241 g/mol. The van der Waals surface area contributed by atoms with Gasteiger partial charge in [0.25, 0.3) is 0 Å². The minimum atomic E-state index is 0.134. The van der Waals surface area contributed by atoms with Gasteiger partial charge >= 0.3 is 0 Å². The highest BCUT2D eigenvalue weighted by molar-refractivity contribution is 4.91. The van der Waals surface area contributed by atoms with Crippen molar-refractivity contribution in [3.63, 3.8) is 0 Å². The first-order valence-electron chi connectivity index (χ1n) is 7.21. The van der Waals surface area contributed by atoms with E-state index >= 15 is 0 Å². The molecule has 0 amide bonds. The van der Waals surface area contributed by atoms with Crippen LogP contribution < -0.4 is 5.32 Å². The van der Waals surface area contributed by atoms with Crippen LogP contribution in [0.1, 0.15) is 51.4 Å². The lowest BCUT2D eigenvalue weighted by atomic mass is 9.84. The summed E-state index contributed by atoms with van der Waals surface area (Å²) in [7, 11) is 1.75. The summed E-state index contributed by atoms with van der Waals surface area (Å²) in [5.74, 6) is 0. The molecule has 0 aromatic carbocycles. The van der Waals surface area contributed by atoms with Crippen molar-refractivity contribution >= 4 is 0 Å². The highest BCUT2D eigenvalue weighted by atomic mass is 16.5. The van der Waals surface area contributed by atoms with E-state index in [-0.39, 0.29) is 5.60 Å². The highest BCUT2D eigenvalue weighted by Crippen LogP contribution is 2.32. The topological polar surface area (TPSA) is 30.5 Å². The molecule has 2 aliphatic carbocycles. The lowest BCUT2D eigenvalue weighted by Crippen LogP contribution is -2.45. The first-order valence-corrected chi connectivity index (χ1v) is 7.21. The fraction of sp³-hybridized carbons (Fsp3) is 1.00. The molecule has 0 unspecified atom stereocenters. The van der Waals surface area contributed by atoms with Gasteiger partial charge in [-0.15, -0.1) is 0 Å². The summed E-state index contributed by atoms with van der Waals surface area (Å²) in [5.41, 5.74) is 0.134. The number of nitrogens with one attached hydrogen (secondary N) is 1. The Balaban J connectivity index is 1.73. The lowest BCUT2D eigenvalue weighted by Gasteiger charge is -2.37. The number of methoxy groups -OCH3 is 1. The molecule has 0 atom stereocenters. The smallest absolute Gasteiger partial charge is 0.0806 e. The maximum Gasteiger partial charge on any atom is 0.0806 e. The van der Waals surface area contributed by atoms with Gasteiger partial charge in [0.15, 0.2) is 0 Å². The van der Waals surface area contributed by atoms with E-state index < -0.39 is 0 Å². The number of ether oxygens (including phenoxy) is 2. The van der Waals surface area contributed by atoms with Gasteiger partial charge in [0.2, 0.25) is 0 Å². The zero-order chi connectivity index (χ0) is 12.0. The fourth-order valence-electron chi connectivity index (χ4n) is 2.68. The van der Waals surface area contributed by atoms with Crippen LogP contribution in [0.25, 0.3) is 0 Å². The van der Waals surface area contributed by atoms with E-state index in [1.807, 2.05) is 0 Å². The van der Waals surface area contributed by atoms with Crippen LogP contribution in [0.4, 0.5) is 0 Å². The van der Waals surface area contributed by atoms with Gasteiger partial charge in [-0.3, -0.25) is 0 Å². The van der Waals surface area contributed by atoms with Crippen LogP contribution in [0.2, 0.25) is 0 Å². The summed E-state index contributed by atoms with van der Waals surface area (Å²) >= 11 is 0. The van der Waals surface area contributed by atoms with Crippen molar-refractivity contribution in [2.45, 2.75) is 63.0 Å². The standard InChI is InChI=1S/C14H27NO2/c1-16-10-5-11-17-14(8-3-2-4-9-14)12-15-13-6-7-13/h13,15H,2-12H2,1H3. The second-order valence-electron chi connectivity index (χ2n) is 5.59. The normalized spacial score (nSPS) is 23.8. The molecule has 100 valence electrons. The van der Waals surface area contributed by atoms with Crippen LogP contribution in [-0.4, -0.2) is 38.5 Å². The molecule has 3 heteroatoms. The van der Waals surface area contributed by atoms with E-state index in [4.69, 9.17) is 9.47 Å². The SMILES string of the molecule is COCCCOC1(CNC2CC2)CCCCC1. The molecule has 0 bridgehead atoms. The van der Waals surface area contributed by atoms with Gasteiger partial charge in [-0.05, 0) is 32.1 Å². The third-order valence-corrected chi connectivity index (χ3v) is 3.96. The lowest BCUT2D eigenvalue weighted by molar-refractivity contribution is -0.0729. The van der Waals surface area contributed by atoms with Gasteiger partial charge in [-0.2, -0.15) is 0 Å². The van der Waals surface area contributed by atoms with Gasteiger partial charge in [0.1, 0.15) is 0 Å². The molecule has 0 radical (unpaired) electrons. The van der Waals surface area contributed by atoms with Crippen molar-refractivity contribution in [3.8, 4) is 0 Å². The second-order valence-corrected chi connectivity index (χ2v) is 5.59. The summed E-state index contributed by atoms with van der Waals surface area (Å²) in [6.07, 6.45) is 10.3.